The van der Waals surface area contributed by atoms with Gasteiger partial charge >= 0.3 is 0 Å². The first-order valence-electron chi connectivity index (χ1n) is 4.87. The first-order chi connectivity index (χ1) is 6.22. The van der Waals surface area contributed by atoms with E-state index in [0.29, 0.717) is 12.0 Å². The number of hydrogen-bond acceptors (Lipinski definition) is 3. The summed E-state index contributed by atoms with van der Waals surface area (Å²) in [4.78, 5) is 11.0. The minimum atomic E-state index is -0.131. The van der Waals surface area contributed by atoms with Crippen LogP contribution in [-0.4, -0.2) is 30.7 Å². The highest BCUT2D eigenvalue weighted by molar-refractivity contribution is 5.78. The van der Waals surface area contributed by atoms with E-state index in [4.69, 9.17) is 10.5 Å². The lowest BCUT2D eigenvalue weighted by Gasteiger charge is -2.32. The predicted molar refractivity (Wildman–Crippen MR) is 45.9 cm³/mol. The number of piperidine rings is 1. The van der Waals surface area contributed by atoms with Gasteiger partial charge in [0.1, 0.15) is 0 Å². The van der Waals surface area contributed by atoms with Crippen molar-refractivity contribution in [3.8, 4) is 0 Å². The number of nitrogens with two attached hydrogens (primary N) is 1. The number of amides is 1. The fourth-order valence-electron chi connectivity index (χ4n) is 2.85. The number of carbonyl (C=O) groups excluding carboxylic acids is 1. The summed E-state index contributed by atoms with van der Waals surface area (Å²) in [5, 5.41) is 3.48. The van der Waals surface area contributed by atoms with Crippen molar-refractivity contribution in [2.24, 2.45) is 17.6 Å². The molecule has 3 N–H and O–H groups in total. The van der Waals surface area contributed by atoms with Gasteiger partial charge in [0, 0.05) is 23.4 Å². The van der Waals surface area contributed by atoms with Gasteiger partial charge in [0.25, 0.3) is 0 Å². The van der Waals surface area contributed by atoms with Crippen LogP contribution in [0.1, 0.15) is 12.8 Å². The van der Waals surface area contributed by atoms with E-state index < -0.39 is 0 Å². The Bertz CT molecular complexity index is 264. The third-order valence-corrected chi connectivity index (χ3v) is 3.85. The van der Waals surface area contributed by atoms with Gasteiger partial charge < -0.3 is 15.8 Å². The van der Waals surface area contributed by atoms with Crippen LogP contribution < -0.4 is 11.1 Å². The van der Waals surface area contributed by atoms with Crippen molar-refractivity contribution in [3.63, 3.8) is 0 Å². The van der Waals surface area contributed by atoms with Crippen LogP contribution in [0, 0.1) is 11.8 Å². The number of ether oxygens (including phenoxy) is 1. The summed E-state index contributed by atoms with van der Waals surface area (Å²) in [6.07, 6.45) is 1.87. The third kappa shape index (κ3) is 0.901. The summed E-state index contributed by atoms with van der Waals surface area (Å²) in [5.41, 5.74) is 5.54. The number of rotatable bonds is 2. The van der Waals surface area contributed by atoms with E-state index in [-0.39, 0.29) is 17.4 Å². The predicted octanol–water partition coefficient (Wildman–Crippen LogP) is -0.761. The van der Waals surface area contributed by atoms with Crippen LogP contribution in [0.3, 0.4) is 0 Å². The van der Waals surface area contributed by atoms with Gasteiger partial charge in [0.2, 0.25) is 5.91 Å². The maximum absolute atomic E-state index is 11.0. The Kier molecular flexibility index (Phi) is 1.34. The lowest BCUT2D eigenvalue weighted by molar-refractivity contribution is -0.122. The molecule has 0 aromatic carbocycles. The fourth-order valence-corrected chi connectivity index (χ4v) is 2.85. The Labute approximate surface area is 76.8 Å². The molecule has 0 spiro atoms. The van der Waals surface area contributed by atoms with Gasteiger partial charge in [-0.05, 0) is 12.8 Å². The largest absolute Gasteiger partial charge is 0.381 e. The highest BCUT2D eigenvalue weighted by Crippen LogP contribution is 2.51. The quantitative estimate of drug-likeness (QED) is 0.551. The van der Waals surface area contributed by atoms with E-state index in [0.717, 1.165) is 26.1 Å². The molecule has 4 nitrogen and oxygen atoms in total. The van der Waals surface area contributed by atoms with Crippen molar-refractivity contribution in [1.82, 2.24) is 5.32 Å². The Morgan fingerprint density at radius 1 is 1.54 bits per heavy atom. The van der Waals surface area contributed by atoms with Gasteiger partial charge in [-0.3, -0.25) is 4.79 Å². The molecule has 1 amide bonds. The van der Waals surface area contributed by atoms with Crippen LogP contribution >= 0.6 is 0 Å². The zero-order valence-corrected chi connectivity index (χ0v) is 7.45. The Morgan fingerprint density at radius 3 is 2.77 bits per heavy atom. The highest BCUT2D eigenvalue weighted by Gasteiger charge is 2.65. The molecule has 3 unspecified atom stereocenters. The molecule has 3 aliphatic rings. The molecule has 13 heavy (non-hydrogen) atoms. The average Bonchev–Trinajstić information content (AvgIpc) is 2.49. The summed E-state index contributed by atoms with van der Waals surface area (Å²) in [5.74, 6) is 0.599. The van der Waals surface area contributed by atoms with Gasteiger partial charge in [-0.25, -0.2) is 0 Å². The second-order valence-corrected chi connectivity index (χ2v) is 4.51. The highest BCUT2D eigenvalue weighted by atomic mass is 16.5. The molecule has 72 valence electrons. The van der Waals surface area contributed by atoms with Crippen LogP contribution in [0.5, 0.6) is 0 Å². The number of nitrogens with one attached hydrogen (secondary N) is 1. The van der Waals surface area contributed by atoms with Gasteiger partial charge in [0.15, 0.2) is 0 Å². The summed E-state index contributed by atoms with van der Waals surface area (Å²) in [7, 11) is 0. The Morgan fingerprint density at radius 2 is 2.31 bits per heavy atom. The molecule has 3 atom stereocenters. The fraction of sp³-hybridized carbons (Fsp3) is 0.889. The molecule has 1 aliphatic carbocycles. The molecule has 3 fully saturated rings. The minimum absolute atomic E-state index is 0.104. The molecule has 0 bridgehead atoms. The SMILES string of the molecule is NC(=O)C1CC2NC2(C2COC2)C1. The maximum Gasteiger partial charge on any atom is 0.220 e. The van der Waals surface area contributed by atoms with E-state index >= 15 is 0 Å². The first-order valence-corrected chi connectivity index (χ1v) is 4.87. The molecule has 3 rings (SSSR count). The van der Waals surface area contributed by atoms with Gasteiger partial charge in [0.05, 0.1) is 13.2 Å². The van der Waals surface area contributed by atoms with E-state index in [1.807, 2.05) is 0 Å². The Hall–Kier alpha value is -0.610. The molecular formula is C9H14N2O2. The minimum Gasteiger partial charge on any atom is -0.381 e. The van der Waals surface area contributed by atoms with Gasteiger partial charge in [-0.2, -0.15) is 0 Å². The second-order valence-electron chi connectivity index (χ2n) is 4.51. The summed E-state index contributed by atoms with van der Waals surface area (Å²) >= 11 is 0. The summed E-state index contributed by atoms with van der Waals surface area (Å²) in [6, 6.07) is 0.541. The molecule has 2 aliphatic heterocycles. The van der Waals surface area contributed by atoms with Crippen molar-refractivity contribution in [3.05, 3.63) is 0 Å². The normalized spacial score (nSPS) is 48.3. The zero-order chi connectivity index (χ0) is 9.05. The van der Waals surface area contributed by atoms with Gasteiger partial charge in [-0.15, -0.1) is 0 Å². The average molecular weight is 182 g/mol. The van der Waals surface area contributed by atoms with E-state index in [2.05, 4.69) is 5.32 Å². The lowest BCUT2D eigenvalue weighted by atomic mass is 9.86. The molecule has 2 heterocycles. The lowest BCUT2D eigenvalue weighted by Crippen LogP contribution is -2.43. The van der Waals surface area contributed by atoms with Crippen molar-refractivity contribution >= 4 is 5.91 Å². The molecule has 1 saturated carbocycles. The van der Waals surface area contributed by atoms with E-state index in [1.54, 1.807) is 0 Å². The number of hydrogen-bond donors (Lipinski definition) is 2. The molecule has 0 radical (unpaired) electrons. The van der Waals surface area contributed by atoms with Crippen molar-refractivity contribution in [2.75, 3.05) is 13.2 Å². The van der Waals surface area contributed by atoms with Crippen LogP contribution in [0.4, 0.5) is 0 Å². The zero-order valence-electron chi connectivity index (χ0n) is 7.45. The van der Waals surface area contributed by atoms with Gasteiger partial charge in [-0.1, -0.05) is 0 Å². The smallest absolute Gasteiger partial charge is 0.220 e. The first kappa shape index (κ1) is 7.76. The maximum atomic E-state index is 11.0. The van der Waals surface area contributed by atoms with Crippen molar-refractivity contribution in [1.29, 1.82) is 0 Å². The molecule has 4 heteroatoms. The summed E-state index contributed by atoms with van der Waals surface area (Å²) < 4.78 is 5.18. The second kappa shape index (κ2) is 2.25. The van der Waals surface area contributed by atoms with Crippen LogP contribution in [0.15, 0.2) is 0 Å². The Balaban J connectivity index is 1.72. The summed E-state index contributed by atoms with van der Waals surface area (Å²) in [6.45, 7) is 1.71. The van der Waals surface area contributed by atoms with Crippen LogP contribution in [0.2, 0.25) is 0 Å². The van der Waals surface area contributed by atoms with Crippen LogP contribution in [-0.2, 0) is 9.53 Å². The van der Waals surface area contributed by atoms with Crippen molar-refractivity contribution in [2.45, 2.75) is 24.4 Å². The molecule has 2 saturated heterocycles. The molecular weight excluding hydrogens is 168 g/mol. The van der Waals surface area contributed by atoms with E-state index in [1.165, 1.54) is 0 Å². The topological polar surface area (TPSA) is 74.3 Å². The molecule has 0 aromatic rings. The standard InChI is InChI=1S/C9H14N2O2/c10-8(12)5-1-7-9(2-5,11-7)6-3-13-4-6/h5-7,11H,1-4H2,(H2,10,12). The number of carbonyl (C=O) groups is 1. The van der Waals surface area contributed by atoms with Crippen LogP contribution in [0.25, 0.3) is 0 Å². The number of fused-ring (bicyclic) bond motifs is 1. The molecule has 0 aromatic heterocycles. The van der Waals surface area contributed by atoms with E-state index in [9.17, 15) is 4.79 Å². The van der Waals surface area contributed by atoms with Crippen molar-refractivity contribution < 1.29 is 9.53 Å². The third-order valence-electron chi connectivity index (χ3n) is 3.85. The monoisotopic (exact) mass is 182 g/mol. The number of primary amides is 1.